The molecule has 0 saturated heterocycles. The smallest absolute Gasteiger partial charge is 0.217 e. The van der Waals surface area contributed by atoms with Gasteiger partial charge in [0.05, 0.1) is 6.61 Å². The topological polar surface area (TPSA) is 43.4 Å². The molecule has 0 aliphatic carbocycles. The van der Waals surface area contributed by atoms with Gasteiger partial charge < -0.3 is 14.8 Å². The van der Waals surface area contributed by atoms with Crippen molar-refractivity contribution in [1.29, 1.82) is 0 Å². The Kier molecular flexibility index (Phi) is 7.37. The average molecular weight is 252 g/mol. The highest BCUT2D eigenvalue weighted by molar-refractivity contribution is 5.25. The van der Waals surface area contributed by atoms with Crippen LogP contribution in [0.25, 0.3) is 0 Å². The Labute approximate surface area is 110 Å². The van der Waals surface area contributed by atoms with E-state index in [2.05, 4.69) is 24.1 Å². The molecule has 1 rings (SSSR count). The van der Waals surface area contributed by atoms with Gasteiger partial charge >= 0.3 is 0 Å². The number of aromatic nitrogens is 1. The first kappa shape index (κ1) is 14.9. The van der Waals surface area contributed by atoms with E-state index in [1.165, 1.54) is 0 Å². The largest absolute Gasteiger partial charge is 0.475 e. The molecule has 0 spiro atoms. The maximum atomic E-state index is 5.62. The van der Waals surface area contributed by atoms with Gasteiger partial charge in [0.2, 0.25) is 5.88 Å². The molecule has 102 valence electrons. The van der Waals surface area contributed by atoms with Crippen molar-refractivity contribution in [3.05, 3.63) is 23.9 Å². The van der Waals surface area contributed by atoms with E-state index >= 15 is 0 Å². The molecule has 4 heteroatoms. The second-order valence-electron chi connectivity index (χ2n) is 4.54. The van der Waals surface area contributed by atoms with Crippen LogP contribution in [0.5, 0.6) is 5.88 Å². The molecule has 1 aromatic rings. The summed E-state index contributed by atoms with van der Waals surface area (Å²) >= 11 is 0. The van der Waals surface area contributed by atoms with Crippen LogP contribution in [-0.4, -0.2) is 31.3 Å². The quantitative estimate of drug-likeness (QED) is 0.685. The molecule has 0 aliphatic rings. The fourth-order valence-electron chi connectivity index (χ4n) is 1.53. The number of rotatable bonds is 9. The molecule has 0 aliphatic heterocycles. The van der Waals surface area contributed by atoms with Crippen LogP contribution in [0.3, 0.4) is 0 Å². The summed E-state index contributed by atoms with van der Waals surface area (Å²) in [6.45, 7) is 10.00. The summed E-state index contributed by atoms with van der Waals surface area (Å²) in [6.07, 6.45) is 1.75. The third-order valence-electron chi connectivity index (χ3n) is 2.39. The van der Waals surface area contributed by atoms with Crippen LogP contribution in [0.15, 0.2) is 18.3 Å². The van der Waals surface area contributed by atoms with Crippen molar-refractivity contribution in [3.8, 4) is 5.88 Å². The number of ether oxygens (including phenoxy) is 2. The number of nitrogens with zero attached hydrogens (tertiary/aromatic N) is 1. The van der Waals surface area contributed by atoms with Crippen LogP contribution >= 0.6 is 0 Å². The van der Waals surface area contributed by atoms with Crippen molar-refractivity contribution >= 4 is 0 Å². The summed E-state index contributed by atoms with van der Waals surface area (Å²) in [5, 5.41) is 3.39. The number of nitrogens with one attached hydrogen (secondary N) is 1. The van der Waals surface area contributed by atoms with Crippen LogP contribution in [0.4, 0.5) is 0 Å². The summed E-state index contributed by atoms with van der Waals surface area (Å²) in [7, 11) is 0. The molecule has 0 saturated carbocycles. The minimum atomic E-state index is 0.544. The molecule has 4 nitrogen and oxygen atoms in total. The lowest BCUT2D eigenvalue weighted by atomic mass is 10.2. The predicted molar refractivity (Wildman–Crippen MR) is 72.8 cm³/mol. The number of hydrogen-bond acceptors (Lipinski definition) is 4. The molecule has 0 amide bonds. The van der Waals surface area contributed by atoms with E-state index in [9.17, 15) is 0 Å². The molecular weight excluding hydrogens is 228 g/mol. The van der Waals surface area contributed by atoms with Gasteiger partial charge in [0.1, 0.15) is 6.61 Å². The van der Waals surface area contributed by atoms with Crippen LogP contribution in [0.1, 0.15) is 26.3 Å². The van der Waals surface area contributed by atoms with Gasteiger partial charge in [-0.05, 0) is 25.5 Å². The zero-order chi connectivity index (χ0) is 13.2. The first-order chi connectivity index (χ1) is 8.74. The summed E-state index contributed by atoms with van der Waals surface area (Å²) in [4.78, 5) is 4.26. The van der Waals surface area contributed by atoms with E-state index in [1.54, 1.807) is 6.20 Å². The third-order valence-corrected chi connectivity index (χ3v) is 2.39. The molecule has 0 fully saturated rings. The Balaban J connectivity index is 2.40. The van der Waals surface area contributed by atoms with Gasteiger partial charge in [-0.15, -0.1) is 0 Å². The van der Waals surface area contributed by atoms with Crippen LogP contribution in [0, 0.1) is 5.92 Å². The third kappa shape index (κ3) is 5.98. The summed E-state index contributed by atoms with van der Waals surface area (Å²) in [5.41, 5.74) is 1.09. The molecule has 18 heavy (non-hydrogen) atoms. The van der Waals surface area contributed by atoms with Crippen molar-refractivity contribution in [2.45, 2.75) is 27.3 Å². The van der Waals surface area contributed by atoms with E-state index < -0.39 is 0 Å². The summed E-state index contributed by atoms with van der Waals surface area (Å²) in [6, 6.07) is 3.97. The van der Waals surface area contributed by atoms with Crippen LogP contribution < -0.4 is 10.1 Å². The maximum Gasteiger partial charge on any atom is 0.217 e. The fourth-order valence-corrected chi connectivity index (χ4v) is 1.53. The highest BCUT2D eigenvalue weighted by atomic mass is 16.5. The van der Waals surface area contributed by atoms with E-state index in [4.69, 9.17) is 9.47 Å². The van der Waals surface area contributed by atoms with Gasteiger partial charge in [0.15, 0.2) is 0 Å². The molecule has 0 radical (unpaired) electrons. The second kappa shape index (κ2) is 8.89. The second-order valence-corrected chi connectivity index (χ2v) is 4.54. The Hall–Kier alpha value is -1.13. The normalized spacial score (nSPS) is 10.9. The zero-order valence-electron chi connectivity index (χ0n) is 11.6. The van der Waals surface area contributed by atoms with E-state index in [0.717, 1.165) is 18.7 Å². The Morgan fingerprint density at radius 3 is 2.89 bits per heavy atom. The molecule has 1 N–H and O–H groups in total. The average Bonchev–Trinajstić information content (AvgIpc) is 2.36. The molecule has 0 bridgehead atoms. The van der Waals surface area contributed by atoms with Gasteiger partial charge in [-0.3, -0.25) is 0 Å². The highest BCUT2D eigenvalue weighted by Gasteiger charge is 2.04. The lowest BCUT2D eigenvalue weighted by molar-refractivity contribution is 0.108. The van der Waals surface area contributed by atoms with Gasteiger partial charge in [-0.2, -0.15) is 0 Å². The SMILES string of the molecule is CCOCCOc1ncccc1CNCC(C)C. The Morgan fingerprint density at radius 2 is 2.17 bits per heavy atom. The molecule has 1 aromatic heterocycles. The first-order valence-corrected chi connectivity index (χ1v) is 6.59. The molecular formula is C14H24N2O2. The van der Waals surface area contributed by atoms with Crippen molar-refractivity contribution in [2.24, 2.45) is 5.92 Å². The molecule has 1 heterocycles. The molecule has 0 unspecified atom stereocenters. The van der Waals surface area contributed by atoms with Crippen molar-refractivity contribution in [3.63, 3.8) is 0 Å². The number of pyridine rings is 1. The monoisotopic (exact) mass is 252 g/mol. The van der Waals surface area contributed by atoms with Crippen molar-refractivity contribution in [2.75, 3.05) is 26.4 Å². The highest BCUT2D eigenvalue weighted by Crippen LogP contribution is 2.13. The van der Waals surface area contributed by atoms with Crippen molar-refractivity contribution in [1.82, 2.24) is 10.3 Å². The lowest BCUT2D eigenvalue weighted by Gasteiger charge is -2.12. The minimum absolute atomic E-state index is 0.544. The number of hydrogen-bond donors (Lipinski definition) is 1. The summed E-state index contributed by atoms with van der Waals surface area (Å²) in [5.74, 6) is 1.34. The van der Waals surface area contributed by atoms with Gasteiger partial charge in [0, 0.05) is 24.9 Å². The van der Waals surface area contributed by atoms with Crippen LogP contribution in [0.2, 0.25) is 0 Å². The van der Waals surface area contributed by atoms with Crippen LogP contribution in [-0.2, 0) is 11.3 Å². The van der Waals surface area contributed by atoms with Gasteiger partial charge in [-0.25, -0.2) is 4.98 Å². The molecule has 0 atom stereocenters. The standard InChI is InChI=1S/C14H24N2O2/c1-4-17-8-9-18-14-13(6-5-7-16-14)11-15-10-12(2)3/h5-7,12,15H,4,8-11H2,1-3H3. The predicted octanol–water partition coefficient (Wildman–Crippen LogP) is 2.24. The lowest BCUT2D eigenvalue weighted by Crippen LogP contribution is -2.20. The van der Waals surface area contributed by atoms with E-state index in [1.807, 2.05) is 19.1 Å². The summed E-state index contributed by atoms with van der Waals surface area (Å²) < 4.78 is 10.9. The maximum absolute atomic E-state index is 5.62. The van der Waals surface area contributed by atoms with Gasteiger partial charge in [-0.1, -0.05) is 19.9 Å². The zero-order valence-corrected chi connectivity index (χ0v) is 11.6. The Bertz CT molecular complexity index is 329. The Morgan fingerprint density at radius 1 is 1.33 bits per heavy atom. The van der Waals surface area contributed by atoms with Gasteiger partial charge in [0.25, 0.3) is 0 Å². The molecule has 0 aromatic carbocycles. The van der Waals surface area contributed by atoms with E-state index in [-0.39, 0.29) is 0 Å². The van der Waals surface area contributed by atoms with E-state index in [0.29, 0.717) is 31.6 Å². The first-order valence-electron chi connectivity index (χ1n) is 6.59. The minimum Gasteiger partial charge on any atom is -0.475 e. The van der Waals surface area contributed by atoms with Crippen molar-refractivity contribution < 1.29 is 9.47 Å². The fraction of sp³-hybridized carbons (Fsp3) is 0.643.